The first-order valence-corrected chi connectivity index (χ1v) is 8.89. The van der Waals surface area contributed by atoms with Crippen molar-refractivity contribution in [3.8, 4) is 0 Å². The molecule has 3 aromatic rings. The first kappa shape index (κ1) is 19.2. The van der Waals surface area contributed by atoms with E-state index in [2.05, 4.69) is 10.6 Å². The third kappa shape index (κ3) is 4.76. The van der Waals surface area contributed by atoms with Gasteiger partial charge in [0.1, 0.15) is 5.76 Å². The molecule has 144 valence electrons. The number of furan rings is 1. The van der Waals surface area contributed by atoms with Crippen molar-refractivity contribution in [1.29, 1.82) is 0 Å². The second kappa shape index (κ2) is 8.39. The molecule has 2 aromatic heterocycles. The molecule has 3 rings (SSSR count). The van der Waals surface area contributed by atoms with Crippen LogP contribution in [-0.2, 0) is 11.3 Å². The van der Waals surface area contributed by atoms with E-state index in [0.717, 1.165) is 0 Å². The maximum absolute atomic E-state index is 12.4. The van der Waals surface area contributed by atoms with E-state index in [9.17, 15) is 14.4 Å². The van der Waals surface area contributed by atoms with Crippen molar-refractivity contribution in [1.82, 2.24) is 4.57 Å². The molecule has 0 saturated heterocycles. The third-order valence-electron chi connectivity index (χ3n) is 4.05. The third-order valence-corrected chi connectivity index (χ3v) is 4.05. The number of nitrogens with zero attached hydrogens (tertiary/aromatic N) is 1. The lowest BCUT2D eigenvalue weighted by Gasteiger charge is -2.09. The van der Waals surface area contributed by atoms with Crippen LogP contribution >= 0.6 is 0 Å². The molecule has 0 spiro atoms. The van der Waals surface area contributed by atoms with E-state index in [1.54, 1.807) is 54.7 Å². The molecular weight excluding hydrogens is 358 g/mol. The van der Waals surface area contributed by atoms with Gasteiger partial charge < -0.3 is 19.6 Å². The normalized spacial score (nSPS) is 10.7. The van der Waals surface area contributed by atoms with Crippen LogP contribution in [0.25, 0.3) is 0 Å². The zero-order chi connectivity index (χ0) is 20.1. The predicted octanol–water partition coefficient (Wildman–Crippen LogP) is 3.34. The maximum Gasteiger partial charge on any atom is 0.291 e. The molecule has 0 unspecified atom stereocenters. The number of amides is 2. The summed E-state index contributed by atoms with van der Waals surface area (Å²) in [7, 11) is 0. The quantitative estimate of drug-likeness (QED) is 0.687. The number of benzene rings is 1. The van der Waals surface area contributed by atoms with Gasteiger partial charge in [0.05, 0.1) is 6.54 Å². The van der Waals surface area contributed by atoms with Crippen molar-refractivity contribution in [2.75, 3.05) is 10.6 Å². The van der Waals surface area contributed by atoms with Crippen molar-refractivity contribution in [3.63, 3.8) is 0 Å². The number of pyridine rings is 1. The van der Waals surface area contributed by atoms with Gasteiger partial charge >= 0.3 is 0 Å². The average Bonchev–Trinajstić information content (AvgIpc) is 3.14. The van der Waals surface area contributed by atoms with Gasteiger partial charge in [0.2, 0.25) is 5.91 Å². The Morgan fingerprint density at radius 1 is 0.964 bits per heavy atom. The molecule has 2 amide bonds. The Bertz CT molecular complexity index is 1030. The number of hydrogen-bond donors (Lipinski definition) is 2. The second-order valence-corrected chi connectivity index (χ2v) is 6.61. The summed E-state index contributed by atoms with van der Waals surface area (Å²) in [6, 6.07) is 14.9. The van der Waals surface area contributed by atoms with Crippen LogP contribution < -0.4 is 16.2 Å². The van der Waals surface area contributed by atoms with Crippen LogP contribution in [0.3, 0.4) is 0 Å². The Morgan fingerprint density at radius 2 is 1.64 bits per heavy atom. The molecule has 2 heterocycles. The highest BCUT2D eigenvalue weighted by molar-refractivity contribution is 6.02. The topological polar surface area (TPSA) is 93.3 Å². The number of carbonyl (C=O) groups excluding carboxylic acids is 2. The molecule has 0 aliphatic carbocycles. The van der Waals surface area contributed by atoms with Crippen LogP contribution in [-0.4, -0.2) is 16.4 Å². The fraction of sp³-hybridized carbons (Fsp3) is 0.190. The van der Waals surface area contributed by atoms with E-state index >= 15 is 0 Å². The minimum atomic E-state index is -0.398. The van der Waals surface area contributed by atoms with E-state index in [-0.39, 0.29) is 29.7 Å². The Hall–Kier alpha value is -3.61. The summed E-state index contributed by atoms with van der Waals surface area (Å²) in [6.45, 7) is 3.88. The number of rotatable bonds is 6. The molecule has 0 radical (unpaired) electrons. The Labute approximate surface area is 162 Å². The highest BCUT2D eigenvalue weighted by Gasteiger charge is 2.12. The van der Waals surface area contributed by atoms with Gasteiger partial charge in [-0.15, -0.1) is 0 Å². The van der Waals surface area contributed by atoms with Crippen molar-refractivity contribution in [2.24, 2.45) is 5.92 Å². The van der Waals surface area contributed by atoms with Gasteiger partial charge in [-0.3, -0.25) is 14.4 Å². The van der Waals surface area contributed by atoms with Crippen LogP contribution in [0.4, 0.5) is 11.4 Å². The van der Waals surface area contributed by atoms with Crippen molar-refractivity contribution in [2.45, 2.75) is 20.4 Å². The summed E-state index contributed by atoms with van der Waals surface area (Å²) in [5.74, 6) is 0.0729. The smallest absolute Gasteiger partial charge is 0.291 e. The minimum absolute atomic E-state index is 0.0718. The molecule has 0 atom stereocenters. The zero-order valence-corrected chi connectivity index (χ0v) is 15.6. The molecule has 7 heteroatoms. The summed E-state index contributed by atoms with van der Waals surface area (Å²) in [4.78, 5) is 35.8. The standard InChI is InChI=1S/C21H21N3O4/c1-14(2)20(26)22-15-6-8-16(9-7-15)23-21(27)18-11-10-17(28-18)13-24-12-4-3-5-19(24)25/h3-12,14H,13H2,1-2H3,(H,22,26)(H,23,27). The minimum Gasteiger partial charge on any atom is -0.454 e. The van der Waals surface area contributed by atoms with Crippen LogP contribution in [0, 0.1) is 5.92 Å². The molecule has 28 heavy (non-hydrogen) atoms. The monoisotopic (exact) mass is 379 g/mol. The molecule has 0 aliphatic rings. The second-order valence-electron chi connectivity index (χ2n) is 6.61. The molecule has 2 N–H and O–H groups in total. The van der Waals surface area contributed by atoms with Crippen LogP contribution in [0.15, 0.2) is 70.0 Å². The fourth-order valence-electron chi connectivity index (χ4n) is 2.46. The lowest BCUT2D eigenvalue weighted by Crippen LogP contribution is -2.18. The first-order chi connectivity index (χ1) is 13.4. The van der Waals surface area contributed by atoms with Crippen LogP contribution in [0.2, 0.25) is 0 Å². The maximum atomic E-state index is 12.4. The molecule has 0 aliphatic heterocycles. The van der Waals surface area contributed by atoms with E-state index in [0.29, 0.717) is 17.1 Å². The average molecular weight is 379 g/mol. The van der Waals surface area contributed by atoms with Gasteiger partial charge in [0.15, 0.2) is 5.76 Å². The van der Waals surface area contributed by atoms with Crippen LogP contribution in [0.1, 0.15) is 30.2 Å². The Kier molecular flexibility index (Phi) is 5.74. The SMILES string of the molecule is CC(C)C(=O)Nc1ccc(NC(=O)c2ccc(Cn3ccccc3=O)o2)cc1. The molecule has 0 saturated carbocycles. The van der Waals surface area contributed by atoms with Gasteiger partial charge in [0, 0.05) is 29.6 Å². The van der Waals surface area contributed by atoms with E-state index in [1.807, 2.05) is 13.8 Å². The van der Waals surface area contributed by atoms with E-state index in [1.165, 1.54) is 10.6 Å². The van der Waals surface area contributed by atoms with Gasteiger partial charge in [-0.2, -0.15) is 0 Å². The van der Waals surface area contributed by atoms with Gasteiger partial charge in [-0.25, -0.2) is 0 Å². The largest absolute Gasteiger partial charge is 0.454 e. The molecule has 1 aromatic carbocycles. The summed E-state index contributed by atoms with van der Waals surface area (Å²) < 4.78 is 7.04. The predicted molar refractivity (Wildman–Crippen MR) is 106 cm³/mol. The number of anilines is 2. The summed E-state index contributed by atoms with van der Waals surface area (Å²) >= 11 is 0. The molecular formula is C21H21N3O4. The Morgan fingerprint density at radius 3 is 2.29 bits per heavy atom. The molecule has 0 bridgehead atoms. The van der Waals surface area contributed by atoms with Gasteiger partial charge in [0.25, 0.3) is 11.5 Å². The zero-order valence-electron chi connectivity index (χ0n) is 15.6. The van der Waals surface area contributed by atoms with Crippen LogP contribution in [0.5, 0.6) is 0 Å². The highest BCUT2D eigenvalue weighted by atomic mass is 16.4. The summed E-state index contributed by atoms with van der Waals surface area (Å²) in [5, 5.41) is 5.52. The summed E-state index contributed by atoms with van der Waals surface area (Å²) in [5.41, 5.74) is 1.09. The first-order valence-electron chi connectivity index (χ1n) is 8.89. The van der Waals surface area contributed by atoms with Crippen molar-refractivity contribution < 1.29 is 14.0 Å². The lowest BCUT2D eigenvalue weighted by molar-refractivity contribution is -0.118. The number of carbonyl (C=O) groups is 2. The number of hydrogen-bond acceptors (Lipinski definition) is 4. The number of nitrogens with one attached hydrogen (secondary N) is 2. The van der Waals surface area contributed by atoms with E-state index < -0.39 is 5.91 Å². The molecule has 7 nitrogen and oxygen atoms in total. The van der Waals surface area contributed by atoms with E-state index in [4.69, 9.17) is 4.42 Å². The summed E-state index contributed by atoms with van der Waals surface area (Å²) in [6.07, 6.45) is 1.66. The van der Waals surface area contributed by atoms with Crippen molar-refractivity contribution >= 4 is 23.2 Å². The van der Waals surface area contributed by atoms with Gasteiger partial charge in [-0.1, -0.05) is 19.9 Å². The van der Waals surface area contributed by atoms with Crippen molar-refractivity contribution in [3.05, 3.63) is 82.7 Å². The molecule has 0 fully saturated rings. The number of aromatic nitrogens is 1. The highest BCUT2D eigenvalue weighted by Crippen LogP contribution is 2.16. The Balaban J connectivity index is 1.62. The van der Waals surface area contributed by atoms with Gasteiger partial charge in [-0.05, 0) is 42.5 Å². The fourth-order valence-corrected chi connectivity index (χ4v) is 2.46. The lowest BCUT2D eigenvalue weighted by atomic mass is 10.2.